The van der Waals surface area contributed by atoms with Crippen molar-refractivity contribution in [1.82, 2.24) is 9.71 Å². The zero-order chi connectivity index (χ0) is 20.0. The lowest BCUT2D eigenvalue weighted by molar-refractivity contribution is -0.116. The molecule has 0 saturated carbocycles. The van der Waals surface area contributed by atoms with Gasteiger partial charge >= 0.3 is 0 Å². The maximum atomic E-state index is 12.2. The van der Waals surface area contributed by atoms with Crippen LogP contribution in [0.15, 0.2) is 47.5 Å². The predicted molar refractivity (Wildman–Crippen MR) is 110 cm³/mol. The molecule has 0 aliphatic carbocycles. The second-order valence-corrected chi connectivity index (χ2v) is 8.81. The summed E-state index contributed by atoms with van der Waals surface area (Å²) in [5.41, 5.74) is 1.05. The number of piperidine rings is 1. The zero-order valence-corrected chi connectivity index (χ0v) is 17.0. The third kappa shape index (κ3) is 5.67. The molecule has 2 heterocycles. The number of sulfonamides is 1. The molecule has 1 aliphatic rings. The smallest absolute Gasteiger partial charge is 0.240 e. The Morgan fingerprint density at radius 3 is 2.61 bits per heavy atom. The van der Waals surface area contributed by atoms with Crippen molar-refractivity contribution < 1.29 is 13.2 Å². The van der Waals surface area contributed by atoms with E-state index < -0.39 is 10.0 Å². The number of amides is 1. The van der Waals surface area contributed by atoms with Gasteiger partial charge in [0, 0.05) is 31.1 Å². The molecule has 0 bridgehead atoms. The Bertz CT molecular complexity index is 913. The van der Waals surface area contributed by atoms with E-state index in [2.05, 4.69) is 19.9 Å². The average molecular weight is 423 g/mol. The standard InChI is InChI=1S/C19H23ClN4O3S/c20-15-5-4-6-17(13-15)28(26,27)22-10-9-19(25)23-18-8-7-16(14-21-18)24-11-2-1-3-12-24/h4-8,13-14,22H,1-3,9-12H2,(H,21,23,25). The Morgan fingerprint density at radius 2 is 1.93 bits per heavy atom. The molecule has 2 aromatic rings. The van der Waals surface area contributed by atoms with Gasteiger partial charge in [-0.05, 0) is 49.6 Å². The monoisotopic (exact) mass is 422 g/mol. The van der Waals surface area contributed by atoms with Gasteiger partial charge in [-0.3, -0.25) is 4.79 Å². The normalized spacial score (nSPS) is 14.7. The number of carbonyl (C=O) groups is 1. The molecule has 7 nitrogen and oxygen atoms in total. The van der Waals surface area contributed by atoms with Crippen molar-refractivity contribution in [3.05, 3.63) is 47.6 Å². The molecule has 3 rings (SSSR count). The van der Waals surface area contributed by atoms with Gasteiger partial charge in [-0.25, -0.2) is 18.1 Å². The largest absolute Gasteiger partial charge is 0.370 e. The van der Waals surface area contributed by atoms with E-state index in [0.717, 1.165) is 18.8 Å². The maximum absolute atomic E-state index is 12.2. The molecule has 1 amide bonds. The third-order valence-electron chi connectivity index (χ3n) is 4.49. The molecule has 0 spiro atoms. The molecule has 1 fully saturated rings. The minimum atomic E-state index is -3.70. The third-order valence-corrected chi connectivity index (χ3v) is 6.18. The first-order chi connectivity index (χ1) is 13.4. The molecule has 1 aromatic heterocycles. The molecule has 0 unspecified atom stereocenters. The van der Waals surface area contributed by atoms with Crippen LogP contribution in [0.25, 0.3) is 0 Å². The van der Waals surface area contributed by atoms with Gasteiger partial charge in [-0.1, -0.05) is 17.7 Å². The molecule has 0 atom stereocenters. The number of pyridine rings is 1. The highest BCUT2D eigenvalue weighted by molar-refractivity contribution is 7.89. The second kappa shape index (κ2) is 9.36. The molecule has 1 aliphatic heterocycles. The van der Waals surface area contributed by atoms with Gasteiger partial charge in [0.05, 0.1) is 16.8 Å². The van der Waals surface area contributed by atoms with Crippen LogP contribution in [0, 0.1) is 0 Å². The van der Waals surface area contributed by atoms with Crippen molar-refractivity contribution in [2.24, 2.45) is 0 Å². The lowest BCUT2D eigenvalue weighted by atomic mass is 10.1. The van der Waals surface area contributed by atoms with Crippen molar-refractivity contribution in [2.75, 3.05) is 29.9 Å². The molecule has 1 saturated heterocycles. The fourth-order valence-corrected chi connectivity index (χ4v) is 4.35. The fraction of sp³-hybridized carbons (Fsp3) is 0.368. The van der Waals surface area contributed by atoms with Crippen LogP contribution in [0.3, 0.4) is 0 Å². The summed E-state index contributed by atoms with van der Waals surface area (Å²) >= 11 is 5.82. The van der Waals surface area contributed by atoms with Gasteiger partial charge in [0.1, 0.15) is 5.82 Å². The van der Waals surface area contributed by atoms with E-state index in [4.69, 9.17) is 11.6 Å². The highest BCUT2D eigenvalue weighted by atomic mass is 35.5. The van der Waals surface area contributed by atoms with E-state index in [1.165, 1.54) is 31.4 Å². The minimum absolute atomic E-state index is 0.00461. The summed E-state index contributed by atoms with van der Waals surface area (Å²) in [5, 5.41) is 3.02. The van der Waals surface area contributed by atoms with Gasteiger partial charge in [0.2, 0.25) is 15.9 Å². The predicted octanol–water partition coefficient (Wildman–Crippen LogP) is 3.03. The Hall–Kier alpha value is -2.16. The first-order valence-corrected chi connectivity index (χ1v) is 11.1. The molecule has 2 N–H and O–H groups in total. The number of benzene rings is 1. The molecule has 9 heteroatoms. The number of anilines is 2. The summed E-state index contributed by atoms with van der Waals surface area (Å²) in [6.45, 7) is 2.03. The van der Waals surface area contributed by atoms with Crippen LogP contribution in [-0.4, -0.2) is 38.9 Å². The van der Waals surface area contributed by atoms with E-state index >= 15 is 0 Å². The summed E-state index contributed by atoms with van der Waals surface area (Å²) in [7, 11) is -3.70. The molecule has 1 aromatic carbocycles. The van der Waals surface area contributed by atoms with Crippen molar-refractivity contribution in [1.29, 1.82) is 0 Å². The number of rotatable bonds is 7. The summed E-state index contributed by atoms with van der Waals surface area (Å²) in [6, 6.07) is 9.66. The zero-order valence-electron chi connectivity index (χ0n) is 15.4. The van der Waals surface area contributed by atoms with E-state index in [1.807, 2.05) is 6.07 Å². The van der Waals surface area contributed by atoms with Gasteiger partial charge in [0.25, 0.3) is 0 Å². The number of hydrogen-bond donors (Lipinski definition) is 2. The Morgan fingerprint density at radius 1 is 1.14 bits per heavy atom. The quantitative estimate of drug-likeness (QED) is 0.715. The molecule has 28 heavy (non-hydrogen) atoms. The second-order valence-electron chi connectivity index (χ2n) is 6.60. The summed E-state index contributed by atoms with van der Waals surface area (Å²) in [5.74, 6) is 0.135. The number of carbonyl (C=O) groups excluding carboxylic acids is 1. The number of halogens is 1. The van der Waals surface area contributed by atoms with Crippen molar-refractivity contribution >= 4 is 39.0 Å². The van der Waals surface area contributed by atoms with E-state index in [-0.39, 0.29) is 23.8 Å². The van der Waals surface area contributed by atoms with Gasteiger partial charge < -0.3 is 10.2 Å². The van der Waals surface area contributed by atoms with Crippen LogP contribution in [0.2, 0.25) is 5.02 Å². The SMILES string of the molecule is O=C(CCNS(=O)(=O)c1cccc(Cl)c1)Nc1ccc(N2CCCCC2)cn1. The van der Waals surface area contributed by atoms with Crippen LogP contribution >= 0.6 is 11.6 Å². The number of hydrogen-bond acceptors (Lipinski definition) is 5. The first kappa shape index (κ1) is 20.6. The van der Waals surface area contributed by atoms with E-state index in [9.17, 15) is 13.2 Å². The lowest BCUT2D eigenvalue weighted by Crippen LogP contribution is -2.29. The van der Waals surface area contributed by atoms with Crippen molar-refractivity contribution in [3.8, 4) is 0 Å². The van der Waals surface area contributed by atoms with Crippen LogP contribution in [-0.2, 0) is 14.8 Å². The topological polar surface area (TPSA) is 91.4 Å². The van der Waals surface area contributed by atoms with Crippen molar-refractivity contribution in [3.63, 3.8) is 0 Å². The van der Waals surface area contributed by atoms with Crippen LogP contribution in [0.4, 0.5) is 11.5 Å². The number of aromatic nitrogens is 1. The summed E-state index contributed by atoms with van der Waals surface area (Å²) in [6.07, 6.45) is 5.38. The number of nitrogens with zero attached hydrogens (tertiary/aromatic N) is 2. The molecular formula is C19H23ClN4O3S. The van der Waals surface area contributed by atoms with Gasteiger partial charge in [-0.2, -0.15) is 0 Å². The van der Waals surface area contributed by atoms with Crippen LogP contribution in [0.1, 0.15) is 25.7 Å². The average Bonchev–Trinajstić information content (AvgIpc) is 2.69. The molecule has 150 valence electrons. The minimum Gasteiger partial charge on any atom is -0.370 e. The highest BCUT2D eigenvalue weighted by Gasteiger charge is 2.15. The first-order valence-electron chi connectivity index (χ1n) is 9.20. The van der Waals surface area contributed by atoms with Crippen LogP contribution in [0.5, 0.6) is 0 Å². The lowest BCUT2D eigenvalue weighted by Gasteiger charge is -2.28. The van der Waals surface area contributed by atoms with Crippen LogP contribution < -0.4 is 14.9 Å². The fourth-order valence-electron chi connectivity index (χ4n) is 3.02. The Labute approximate surface area is 170 Å². The molecular weight excluding hydrogens is 400 g/mol. The summed E-state index contributed by atoms with van der Waals surface area (Å²) in [4.78, 5) is 18.7. The van der Waals surface area contributed by atoms with Gasteiger partial charge in [0.15, 0.2) is 0 Å². The molecule has 0 radical (unpaired) electrons. The maximum Gasteiger partial charge on any atom is 0.240 e. The highest BCUT2D eigenvalue weighted by Crippen LogP contribution is 2.20. The Kier molecular flexibility index (Phi) is 6.88. The van der Waals surface area contributed by atoms with E-state index in [0.29, 0.717) is 10.8 Å². The van der Waals surface area contributed by atoms with Crippen molar-refractivity contribution in [2.45, 2.75) is 30.6 Å². The Balaban J connectivity index is 1.47. The van der Waals surface area contributed by atoms with Gasteiger partial charge in [-0.15, -0.1) is 0 Å². The van der Waals surface area contributed by atoms with E-state index in [1.54, 1.807) is 24.4 Å². The number of nitrogens with one attached hydrogen (secondary N) is 2. The summed E-state index contributed by atoms with van der Waals surface area (Å²) < 4.78 is 26.8.